The Morgan fingerprint density at radius 3 is 2.83 bits per heavy atom. The lowest BCUT2D eigenvalue weighted by molar-refractivity contribution is 0.425. The van der Waals surface area contributed by atoms with E-state index in [1.807, 2.05) is 12.1 Å². The van der Waals surface area contributed by atoms with Crippen molar-refractivity contribution in [2.45, 2.75) is 31.5 Å². The highest BCUT2D eigenvalue weighted by molar-refractivity contribution is 7.99. The molecule has 2 heterocycles. The summed E-state index contributed by atoms with van der Waals surface area (Å²) in [4.78, 5) is 0. The van der Waals surface area contributed by atoms with Gasteiger partial charge in [0.1, 0.15) is 0 Å². The molecular weight excluding hydrogens is 353 g/mol. The Bertz CT molecular complexity index is 758. The smallest absolute Gasteiger partial charge is 0.212 e. The molecule has 8 heteroatoms. The SMILES string of the molecule is CCC(C)C(N)c1nnc2n1N=C(c1ccc(Cl)cc1Cl)CS2. The molecule has 0 amide bonds. The van der Waals surface area contributed by atoms with Crippen molar-refractivity contribution in [2.24, 2.45) is 16.8 Å². The van der Waals surface area contributed by atoms with E-state index in [1.165, 1.54) is 0 Å². The van der Waals surface area contributed by atoms with Gasteiger partial charge in [0.15, 0.2) is 5.82 Å². The van der Waals surface area contributed by atoms with Crippen LogP contribution in [0.5, 0.6) is 0 Å². The zero-order valence-electron chi connectivity index (χ0n) is 12.8. The van der Waals surface area contributed by atoms with Crippen LogP contribution in [0.3, 0.4) is 0 Å². The van der Waals surface area contributed by atoms with E-state index in [-0.39, 0.29) is 6.04 Å². The Morgan fingerprint density at radius 2 is 2.13 bits per heavy atom. The topological polar surface area (TPSA) is 69.1 Å². The van der Waals surface area contributed by atoms with Gasteiger partial charge in [-0.2, -0.15) is 9.78 Å². The highest BCUT2D eigenvalue weighted by Gasteiger charge is 2.26. The largest absolute Gasteiger partial charge is 0.321 e. The molecule has 2 atom stereocenters. The molecule has 1 aromatic carbocycles. The first-order valence-electron chi connectivity index (χ1n) is 7.38. The number of halogens is 2. The Morgan fingerprint density at radius 1 is 1.35 bits per heavy atom. The Hall–Kier alpha value is -1.08. The summed E-state index contributed by atoms with van der Waals surface area (Å²) in [5.74, 6) is 1.66. The van der Waals surface area contributed by atoms with Crippen LogP contribution in [0.1, 0.15) is 37.7 Å². The molecule has 1 aliphatic rings. The van der Waals surface area contributed by atoms with E-state index in [2.05, 4.69) is 29.1 Å². The van der Waals surface area contributed by atoms with Gasteiger partial charge >= 0.3 is 0 Å². The van der Waals surface area contributed by atoms with E-state index in [9.17, 15) is 0 Å². The van der Waals surface area contributed by atoms with Gasteiger partial charge in [-0.1, -0.05) is 61.3 Å². The molecule has 3 rings (SSSR count). The lowest BCUT2D eigenvalue weighted by Crippen LogP contribution is -2.24. The van der Waals surface area contributed by atoms with Crippen LogP contribution >= 0.6 is 35.0 Å². The number of hydrogen-bond donors (Lipinski definition) is 1. The van der Waals surface area contributed by atoms with Crippen molar-refractivity contribution < 1.29 is 0 Å². The summed E-state index contributed by atoms with van der Waals surface area (Å²) in [5.41, 5.74) is 8.04. The average molecular weight is 370 g/mol. The molecule has 0 saturated carbocycles. The second-order valence-electron chi connectivity index (χ2n) is 5.52. The minimum atomic E-state index is -0.203. The molecule has 0 bridgehead atoms. The predicted octanol–water partition coefficient (Wildman–Crippen LogP) is 3.99. The molecule has 2 unspecified atom stereocenters. The summed E-state index contributed by atoms with van der Waals surface area (Å²) in [7, 11) is 0. The Balaban J connectivity index is 2.01. The fourth-order valence-electron chi connectivity index (χ4n) is 2.31. The number of rotatable bonds is 4. The van der Waals surface area contributed by atoms with Gasteiger partial charge < -0.3 is 5.73 Å². The number of aromatic nitrogens is 3. The second-order valence-corrected chi connectivity index (χ2v) is 7.31. The van der Waals surface area contributed by atoms with Gasteiger partial charge in [0.05, 0.1) is 16.8 Å². The van der Waals surface area contributed by atoms with Crippen molar-refractivity contribution in [1.29, 1.82) is 0 Å². The minimum absolute atomic E-state index is 0.203. The van der Waals surface area contributed by atoms with E-state index < -0.39 is 0 Å². The molecule has 0 aliphatic carbocycles. The van der Waals surface area contributed by atoms with Crippen LogP contribution in [0.25, 0.3) is 0 Å². The van der Waals surface area contributed by atoms with E-state index in [1.54, 1.807) is 22.5 Å². The van der Waals surface area contributed by atoms with Gasteiger partial charge in [0.2, 0.25) is 5.16 Å². The first-order valence-corrected chi connectivity index (χ1v) is 9.12. The van der Waals surface area contributed by atoms with Gasteiger partial charge in [-0.3, -0.25) is 0 Å². The van der Waals surface area contributed by atoms with E-state index in [0.29, 0.717) is 27.5 Å². The predicted molar refractivity (Wildman–Crippen MR) is 95.5 cm³/mol. The van der Waals surface area contributed by atoms with Crippen LogP contribution < -0.4 is 5.73 Å². The highest BCUT2D eigenvalue weighted by atomic mass is 35.5. The summed E-state index contributed by atoms with van der Waals surface area (Å²) < 4.78 is 1.74. The number of nitrogens with zero attached hydrogens (tertiary/aromatic N) is 4. The molecule has 23 heavy (non-hydrogen) atoms. The van der Waals surface area contributed by atoms with Gasteiger partial charge in [-0.25, -0.2) is 0 Å². The third-order valence-electron chi connectivity index (χ3n) is 3.99. The van der Waals surface area contributed by atoms with Gasteiger partial charge in [0, 0.05) is 16.3 Å². The molecule has 0 spiro atoms. The van der Waals surface area contributed by atoms with Crippen molar-refractivity contribution in [3.63, 3.8) is 0 Å². The van der Waals surface area contributed by atoms with Gasteiger partial charge in [-0.15, -0.1) is 10.2 Å². The first-order chi connectivity index (χ1) is 11.0. The van der Waals surface area contributed by atoms with Crippen LogP contribution in [-0.4, -0.2) is 26.3 Å². The molecule has 122 valence electrons. The van der Waals surface area contributed by atoms with Crippen LogP contribution in [0.2, 0.25) is 10.0 Å². The van der Waals surface area contributed by atoms with Crippen molar-refractivity contribution in [3.8, 4) is 0 Å². The van der Waals surface area contributed by atoms with Crippen LogP contribution in [0.15, 0.2) is 28.5 Å². The zero-order chi connectivity index (χ0) is 16.6. The monoisotopic (exact) mass is 369 g/mol. The molecule has 1 aromatic heterocycles. The maximum atomic E-state index is 6.31. The number of fused-ring (bicyclic) bond motifs is 1. The molecule has 0 fully saturated rings. The molecule has 0 saturated heterocycles. The molecule has 5 nitrogen and oxygen atoms in total. The average Bonchev–Trinajstić information content (AvgIpc) is 2.96. The van der Waals surface area contributed by atoms with Gasteiger partial charge in [0.25, 0.3) is 0 Å². The third kappa shape index (κ3) is 3.26. The third-order valence-corrected chi connectivity index (χ3v) is 5.47. The fourth-order valence-corrected chi connectivity index (χ4v) is 3.67. The van der Waals surface area contributed by atoms with Crippen LogP contribution in [0, 0.1) is 5.92 Å². The van der Waals surface area contributed by atoms with Crippen molar-refractivity contribution in [2.75, 3.05) is 5.75 Å². The number of hydrogen-bond acceptors (Lipinski definition) is 5. The quantitative estimate of drug-likeness (QED) is 0.884. The minimum Gasteiger partial charge on any atom is -0.321 e. The Kier molecular flexibility index (Phi) is 4.96. The molecule has 2 aromatic rings. The summed E-state index contributed by atoms with van der Waals surface area (Å²) in [6, 6.07) is 5.21. The molecule has 0 radical (unpaired) electrons. The van der Waals surface area contributed by atoms with E-state index in [0.717, 1.165) is 22.9 Å². The summed E-state index contributed by atoms with van der Waals surface area (Å²) in [5, 5.41) is 15.1. The maximum Gasteiger partial charge on any atom is 0.212 e. The summed E-state index contributed by atoms with van der Waals surface area (Å²) in [6.07, 6.45) is 0.968. The Labute approximate surface area is 149 Å². The van der Waals surface area contributed by atoms with Crippen molar-refractivity contribution >= 4 is 40.7 Å². The zero-order valence-corrected chi connectivity index (χ0v) is 15.2. The maximum absolute atomic E-state index is 6.31. The molecular formula is C15H17Cl2N5S. The summed E-state index contributed by atoms with van der Waals surface area (Å²) in [6.45, 7) is 4.21. The normalized spacial score (nSPS) is 16.7. The van der Waals surface area contributed by atoms with Crippen molar-refractivity contribution in [1.82, 2.24) is 14.9 Å². The lowest BCUT2D eigenvalue weighted by Gasteiger charge is -2.19. The fraction of sp³-hybridized carbons (Fsp3) is 0.400. The summed E-state index contributed by atoms with van der Waals surface area (Å²) >= 11 is 13.8. The van der Waals surface area contributed by atoms with Crippen LogP contribution in [0.4, 0.5) is 0 Å². The van der Waals surface area contributed by atoms with Crippen LogP contribution in [-0.2, 0) is 0 Å². The van der Waals surface area contributed by atoms with E-state index >= 15 is 0 Å². The molecule has 1 aliphatic heterocycles. The molecule has 2 N–H and O–H groups in total. The van der Waals surface area contributed by atoms with Gasteiger partial charge in [-0.05, 0) is 18.1 Å². The number of nitrogens with two attached hydrogens (primary N) is 1. The number of benzene rings is 1. The highest BCUT2D eigenvalue weighted by Crippen LogP contribution is 2.30. The standard InChI is InChI=1S/C15H17Cl2N5S/c1-3-8(2)13(18)14-19-20-15-22(14)21-12(7-23-15)10-5-4-9(16)6-11(10)17/h4-6,8,13H,3,7,18H2,1-2H3. The van der Waals surface area contributed by atoms with Crippen molar-refractivity contribution in [3.05, 3.63) is 39.6 Å². The first kappa shape index (κ1) is 16.8. The second kappa shape index (κ2) is 6.81. The van der Waals surface area contributed by atoms with E-state index in [4.69, 9.17) is 28.9 Å². The lowest BCUT2D eigenvalue weighted by atomic mass is 10.00. The number of thioether (sulfide) groups is 1.